The maximum atomic E-state index is 11.9. The van der Waals surface area contributed by atoms with Gasteiger partial charge >= 0.3 is 0 Å². The topological polar surface area (TPSA) is 50.4 Å². The van der Waals surface area contributed by atoms with Gasteiger partial charge < -0.3 is 15.4 Å². The van der Waals surface area contributed by atoms with Gasteiger partial charge in [-0.15, -0.1) is 0 Å². The summed E-state index contributed by atoms with van der Waals surface area (Å²) in [5.41, 5.74) is 0.960. The van der Waals surface area contributed by atoms with Crippen molar-refractivity contribution in [2.24, 2.45) is 0 Å². The molecule has 1 unspecified atom stereocenters. The lowest BCUT2D eigenvalue weighted by molar-refractivity contribution is -0.120. The summed E-state index contributed by atoms with van der Waals surface area (Å²) in [7, 11) is 1.70. The van der Waals surface area contributed by atoms with E-state index in [9.17, 15) is 4.79 Å². The molecule has 19 heavy (non-hydrogen) atoms. The van der Waals surface area contributed by atoms with Crippen LogP contribution in [0.2, 0.25) is 0 Å². The molecule has 0 spiro atoms. The fourth-order valence-corrected chi connectivity index (χ4v) is 2.58. The van der Waals surface area contributed by atoms with Crippen LogP contribution in [0.25, 0.3) is 0 Å². The molecule has 1 saturated heterocycles. The Labute approximate surface area is 114 Å². The van der Waals surface area contributed by atoms with E-state index in [1.807, 2.05) is 30.3 Å². The SMILES string of the molecule is COCC1(CNC(=O)Cc2ccccc2)CCCN1. The van der Waals surface area contributed by atoms with Gasteiger partial charge in [-0.2, -0.15) is 0 Å². The number of amides is 1. The number of carbonyl (C=O) groups excluding carboxylic acids is 1. The quantitative estimate of drug-likeness (QED) is 0.807. The van der Waals surface area contributed by atoms with E-state index in [0.29, 0.717) is 19.6 Å². The largest absolute Gasteiger partial charge is 0.383 e. The standard InChI is InChI=1S/C15H22N2O2/c1-19-12-15(8-5-9-17-15)11-16-14(18)10-13-6-3-2-4-7-13/h2-4,6-7,17H,5,8-12H2,1H3,(H,16,18). The zero-order chi connectivity index (χ0) is 13.6. The van der Waals surface area contributed by atoms with Crippen molar-refractivity contribution in [3.05, 3.63) is 35.9 Å². The van der Waals surface area contributed by atoms with Gasteiger partial charge in [-0.25, -0.2) is 0 Å². The number of ether oxygens (including phenoxy) is 1. The molecule has 0 radical (unpaired) electrons. The zero-order valence-electron chi connectivity index (χ0n) is 11.4. The second-order valence-corrected chi connectivity index (χ2v) is 5.18. The van der Waals surface area contributed by atoms with Crippen LogP contribution in [0, 0.1) is 0 Å². The minimum absolute atomic E-state index is 0.0652. The summed E-state index contributed by atoms with van der Waals surface area (Å²) in [4.78, 5) is 11.9. The fraction of sp³-hybridized carbons (Fsp3) is 0.533. The van der Waals surface area contributed by atoms with Gasteiger partial charge in [-0.05, 0) is 24.9 Å². The lowest BCUT2D eigenvalue weighted by Crippen LogP contribution is -2.53. The van der Waals surface area contributed by atoms with Crippen molar-refractivity contribution >= 4 is 5.91 Å². The molecule has 0 aliphatic carbocycles. The molecule has 2 rings (SSSR count). The highest BCUT2D eigenvalue weighted by Gasteiger charge is 2.33. The molecule has 1 atom stereocenters. The molecule has 2 N–H and O–H groups in total. The Balaban J connectivity index is 1.82. The summed E-state index contributed by atoms with van der Waals surface area (Å²) in [5, 5.41) is 6.47. The normalized spacial score (nSPS) is 22.4. The van der Waals surface area contributed by atoms with Crippen molar-refractivity contribution < 1.29 is 9.53 Å². The van der Waals surface area contributed by atoms with Gasteiger partial charge in [0.15, 0.2) is 0 Å². The molecule has 1 amide bonds. The van der Waals surface area contributed by atoms with Crippen LogP contribution in [0.1, 0.15) is 18.4 Å². The van der Waals surface area contributed by atoms with Gasteiger partial charge in [0, 0.05) is 13.7 Å². The van der Waals surface area contributed by atoms with E-state index in [1.165, 1.54) is 0 Å². The van der Waals surface area contributed by atoms with Gasteiger partial charge in [-0.1, -0.05) is 30.3 Å². The summed E-state index contributed by atoms with van der Waals surface area (Å²) in [6.07, 6.45) is 2.62. The van der Waals surface area contributed by atoms with Crippen LogP contribution in [-0.4, -0.2) is 38.3 Å². The average Bonchev–Trinajstić information content (AvgIpc) is 2.87. The second kappa shape index (κ2) is 6.68. The highest BCUT2D eigenvalue weighted by atomic mass is 16.5. The van der Waals surface area contributed by atoms with Gasteiger partial charge in [-0.3, -0.25) is 4.79 Å². The molecule has 1 heterocycles. The molecule has 1 fully saturated rings. The molecule has 1 aliphatic rings. The summed E-state index contributed by atoms with van der Waals surface area (Å²) in [5.74, 6) is 0.0652. The van der Waals surface area contributed by atoms with E-state index in [-0.39, 0.29) is 11.4 Å². The first-order chi connectivity index (χ1) is 9.24. The van der Waals surface area contributed by atoms with Crippen LogP contribution in [0.5, 0.6) is 0 Å². The van der Waals surface area contributed by atoms with Crippen LogP contribution in [0.4, 0.5) is 0 Å². The maximum Gasteiger partial charge on any atom is 0.224 e. The molecule has 1 aromatic carbocycles. The van der Waals surface area contributed by atoms with Crippen molar-refractivity contribution in [3.8, 4) is 0 Å². The number of benzene rings is 1. The maximum absolute atomic E-state index is 11.9. The zero-order valence-corrected chi connectivity index (χ0v) is 11.4. The lowest BCUT2D eigenvalue weighted by atomic mass is 9.98. The summed E-state index contributed by atoms with van der Waals surface area (Å²) in [6.45, 7) is 2.27. The number of methoxy groups -OCH3 is 1. The van der Waals surface area contributed by atoms with Gasteiger partial charge in [0.25, 0.3) is 0 Å². The van der Waals surface area contributed by atoms with E-state index in [4.69, 9.17) is 4.74 Å². The van der Waals surface area contributed by atoms with Gasteiger partial charge in [0.1, 0.15) is 0 Å². The van der Waals surface area contributed by atoms with Gasteiger partial charge in [0.2, 0.25) is 5.91 Å². The molecular weight excluding hydrogens is 240 g/mol. The first kappa shape index (κ1) is 14.0. The molecule has 1 aromatic rings. The predicted octanol–water partition coefficient (Wildman–Crippen LogP) is 1.11. The molecule has 104 valence electrons. The molecule has 1 aliphatic heterocycles. The Kier molecular flexibility index (Phi) is 4.93. The van der Waals surface area contributed by atoms with Gasteiger partial charge in [0.05, 0.1) is 18.6 Å². The van der Waals surface area contributed by atoms with E-state index in [1.54, 1.807) is 7.11 Å². The summed E-state index contributed by atoms with van der Waals surface area (Å²) >= 11 is 0. The van der Waals surface area contributed by atoms with Crippen LogP contribution < -0.4 is 10.6 Å². The first-order valence-corrected chi connectivity index (χ1v) is 6.79. The predicted molar refractivity (Wildman–Crippen MR) is 75.0 cm³/mol. The number of nitrogens with one attached hydrogen (secondary N) is 2. The molecule has 0 saturated carbocycles. The van der Waals surface area contributed by atoms with Crippen molar-refractivity contribution in [2.45, 2.75) is 24.8 Å². The van der Waals surface area contributed by atoms with E-state index in [0.717, 1.165) is 24.9 Å². The minimum Gasteiger partial charge on any atom is -0.383 e. The number of rotatable bonds is 6. The lowest BCUT2D eigenvalue weighted by Gasteiger charge is -2.29. The third kappa shape index (κ3) is 4.04. The molecule has 0 aromatic heterocycles. The third-order valence-electron chi connectivity index (χ3n) is 3.58. The second-order valence-electron chi connectivity index (χ2n) is 5.18. The number of carbonyl (C=O) groups is 1. The van der Waals surface area contributed by atoms with E-state index >= 15 is 0 Å². The van der Waals surface area contributed by atoms with E-state index in [2.05, 4.69) is 10.6 Å². The average molecular weight is 262 g/mol. The first-order valence-electron chi connectivity index (χ1n) is 6.79. The number of hydrogen-bond acceptors (Lipinski definition) is 3. The highest BCUT2D eigenvalue weighted by Crippen LogP contribution is 2.18. The van der Waals surface area contributed by atoms with Crippen molar-refractivity contribution in [2.75, 3.05) is 26.8 Å². The smallest absolute Gasteiger partial charge is 0.224 e. The van der Waals surface area contributed by atoms with E-state index < -0.39 is 0 Å². The Morgan fingerprint density at radius 3 is 2.84 bits per heavy atom. The summed E-state index contributed by atoms with van der Waals surface area (Å²) < 4.78 is 5.27. The van der Waals surface area contributed by atoms with Crippen molar-refractivity contribution in [1.82, 2.24) is 10.6 Å². The monoisotopic (exact) mass is 262 g/mol. The molecule has 4 heteroatoms. The minimum atomic E-state index is -0.0822. The van der Waals surface area contributed by atoms with Crippen molar-refractivity contribution in [3.63, 3.8) is 0 Å². The molecule has 0 bridgehead atoms. The van der Waals surface area contributed by atoms with Crippen LogP contribution in [0.3, 0.4) is 0 Å². The van der Waals surface area contributed by atoms with Crippen LogP contribution >= 0.6 is 0 Å². The Morgan fingerprint density at radius 2 is 2.21 bits per heavy atom. The summed E-state index contributed by atoms with van der Waals surface area (Å²) in [6, 6.07) is 9.80. The van der Waals surface area contributed by atoms with Crippen LogP contribution in [0.15, 0.2) is 30.3 Å². The van der Waals surface area contributed by atoms with Crippen LogP contribution in [-0.2, 0) is 16.0 Å². The number of hydrogen-bond donors (Lipinski definition) is 2. The van der Waals surface area contributed by atoms with Crippen molar-refractivity contribution in [1.29, 1.82) is 0 Å². The molecular formula is C15H22N2O2. The fourth-order valence-electron chi connectivity index (χ4n) is 2.58. The Bertz CT molecular complexity index is 400. The highest BCUT2D eigenvalue weighted by molar-refractivity contribution is 5.78. The third-order valence-corrected chi connectivity index (χ3v) is 3.58. The Hall–Kier alpha value is -1.39. The molecule has 4 nitrogen and oxygen atoms in total. The Morgan fingerprint density at radius 1 is 1.42 bits per heavy atom.